The predicted octanol–water partition coefficient (Wildman–Crippen LogP) is 1.38. The Morgan fingerprint density at radius 1 is 1.25 bits per heavy atom. The van der Waals surface area contributed by atoms with E-state index < -0.39 is 0 Å². The van der Waals surface area contributed by atoms with Crippen molar-refractivity contribution in [3.05, 3.63) is 58.1 Å². The van der Waals surface area contributed by atoms with E-state index >= 15 is 0 Å². The van der Waals surface area contributed by atoms with Gasteiger partial charge >= 0.3 is 0 Å². The Labute approximate surface area is 118 Å². The van der Waals surface area contributed by atoms with E-state index in [4.69, 9.17) is 5.73 Å². The fourth-order valence-electron chi connectivity index (χ4n) is 1.99. The number of aromatic nitrogens is 2. The third-order valence-corrected chi connectivity index (χ3v) is 3.17. The minimum atomic E-state index is -0.0882. The lowest BCUT2D eigenvalue weighted by atomic mass is 10.1. The molecule has 1 aromatic carbocycles. The van der Waals surface area contributed by atoms with Gasteiger partial charge in [0.2, 0.25) is 0 Å². The molecule has 0 aliphatic rings. The predicted molar refractivity (Wildman–Crippen MR) is 80.7 cm³/mol. The Hall–Kier alpha value is -2.14. The zero-order valence-corrected chi connectivity index (χ0v) is 11.7. The van der Waals surface area contributed by atoms with Gasteiger partial charge in [-0.1, -0.05) is 24.3 Å². The molecule has 5 nitrogen and oxygen atoms in total. The van der Waals surface area contributed by atoms with E-state index in [1.165, 1.54) is 5.56 Å². The van der Waals surface area contributed by atoms with E-state index in [-0.39, 0.29) is 5.56 Å². The number of hydrogen-bond donors (Lipinski definition) is 2. The monoisotopic (exact) mass is 272 g/mol. The lowest BCUT2D eigenvalue weighted by Gasteiger charge is -2.08. The number of aryl methyl sites for hydroxylation is 1. The van der Waals surface area contributed by atoms with E-state index in [1.54, 1.807) is 17.0 Å². The van der Waals surface area contributed by atoms with Crippen LogP contribution in [-0.2, 0) is 19.5 Å². The Balaban J connectivity index is 2.03. The molecule has 20 heavy (non-hydrogen) atoms. The van der Waals surface area contributed by atoms with Crippen LogP contribution in [0.3, 0.4) is 0 Å². The summed E-state index contributed by atoms with van der Waals surface area (Å²) in [5, 5.41) is 3.09. The molecule has 1 heterocycles. The molecule has 0 saturated carbocycles. The van der Waals surface area contributed by atoms with E-state index in [2.05, 4.69) is 22.4 Å². The van der Waals surface area contributed by atoms with Crippen LogP contribution in [-0.4, -0.2) is 16.1 Å². The Morgan fingerprint density at radius 2 is 1.95 bits per heavy atom. The number of hydrogen-bond acceptors (Lipinski definition) is 4. The maximum Gasteiger partial charge on any atom is 0.293 e. The van der Waals surface area contributed by atoms with E-state index in [0.717, 1.165) is 12.0 Å². The van der Waals surface area contributed by atoms with Gasteiger partial charge in [0, 0.05) is 25.5 Å². The topological polar surface area (TPSA) is 72.9 Å². The van der Waals surface area contributed by atoms with E-state index in [9.17, 15) is 4.79 Å². The van der Waals surface area contributed by atoms with Crippen LogP contribution in [0.2, 0.25) is 0 Å². The Morgan fingerprint density at radius 3 is 2.60 bits per heavy atom. The van der Waals surface area contributed by atoms with Crippen LogP contribution in [0.4, 0.5) is 5.82 Å². The van der Waals surface area contributed by atoms with Gasteiger partial charge in [0.1, 0.15) is 0 Å². The van der Waals surface area contributed by atoms with Crippen molar-refractivity contribution in [1.29, 1.82) is 0 Å². The highest BCUT2D eigenvalue weighted by atomic mass is 16.1. The van der Waals surface area contributed by atoms with Crippen LogP contribution in [0.5, 0.6) is 0 Å². The standard InChI is InChI=1S/C15H20N4O/c1-2-19-10-9-17-14(15(19)20)18-11-13-5-3-12(4-6-13)7-8-16/h3-6,9-10H,2,7-8,11,16H2,1H3,(H,17,18). The molecule has 0 atom stereocenters. The molecule has 0 aliphatic carbocycles. The van der Waals surface area contributed by atoms with Gasteiger partial charge in [0.05, 0.1) is 0 Å². The van der Waals surface area contributed by atoms with E-state index in [1.807, 2.05) is 19.1 Å². The molecule has 0 amide bonds. The van der Waals surface area contributed by atoms with Gasteiger partial charge in [0.15, 0.2) is 5.82 Å². The van der Waals surface area contributed by atoms with Gasteiger partial charge in [0.25, 0.3) is 5.56 Å². The van der Waals surface area contributed by atoms with Gasteiger partial charge in [-0.05, 0) is 31.0 Å². The van der Waals surface area contributed by atoms with Crippen molar-refractivity contribution in [2.45, 2.75) is 26.4 Å². The van der Waals surface area contributed by atoms with Crippen molar-refractivity contribution in [3.63, 3.8) is 0 Å². The van der Waals surface area contributed by atoms with Crippen molar-refractivity contribution < 1.29 is 0 Å². The largest absolute Gasteiger partial charge is 0.361 e. The number of anilines is 1. The molecule has 0 aliphatic heterocycles. The summed E-state index contributed by atoms with van der Waals surface area (Å²) in [5.74, 6) is 0.389. The van der Waals surface area contributed by atoms with Gasteiger partial charge in [-0.3, -0.25) is 4.79 Å². The fourth-order valence-corrected chi connectivity index (χ4v) is 1.99. The third-order valence-electron chi connectivity index (χ3n) is 3.17. The minimum Gasteiger partial charge on any atom is -0.361 e. The minimum absolute atomic E-state index is 0.0882. The average Bonchev–Trinajstić information content (AvgIpc) is 2.48. The third kappa shape index (κ3) is 3.45. The number of nitrogens with zero attached hydrogens (tertiary/aromatic N) is 2. The van der Waals surface area contributed by atoms with Crippen molar-refractivity contribution in [1.82, 2.24) is 9.55 Å². The molecule has 0 radical (unpaired) electrons. The summed E-state index contributed by atoms with van der Waals surface area (Å²) < 4.78 is 1.62. The van der Waals surface area contributed by atoms with Crippen LogP contribution in [0.1, 0.15) is 18.1 Å². The summed E-state index contributed by atoms with van der Waals surface area (Å²) in [4.78, 5) is 16.1. The molecule has 1 aromatic heterocycles. The van der Waals surface area contributed by atoms with Crippen molar-refractivity contribution >= 4 is 5.82 Å². The molecule has 0 saturated heterocycles. The van der Waals surface area contributed by atoms with Gasteiger partial charge in [-0.15, -0.1) is 0 Å². The maximum absolute atomic E-state index is 12.0. The molecule has 0 unspecified atom stereocenters. The first-order chi connectivity index (χ1) is 9.74. The second-order valence-electron chi connectivity index (χ2n) is 4.58. The molecule has 106 valence electrons. The smallest absolute Gasteiger partial charge is 0.293 e. The zero-order valence-electron chi connectivity index (χ0n) is 11.7. The molecular formula is C15H20N4O. The van der Waals surface area contributed by atoms with Crippen LogP contribution >= 0.6 is 0 Å². The Bertz CT molecular complexity index is 604. The van der Waals surface area contributed by atoms with Crippen molar-refractivity contribution in [2.24, 2.45) is 5.73 Å². The Kier molecular flexibility index (Phi) is 4.90. The molecule has 2 aromatic rings. The summed E-state index contributed by atoms with van der Waals surface area (Å²) >= 11 is 0. The maximum atomic E-state index is 12.0. The van der Waals surface area contributed by atoms with Gasteiger partial charge < -0.3 is 15.6 Å². The molecule has 0 fully saturated rings. The number of benzene rings is 1. The SMILES string of the molecule is CCn1ccnc(NCc2ccc(CCN)cc2)c1=O. The van der Waals surface area contributed by atoms with Crippen molar-refractivity contribution in [3.8, 4) is 0 Å². The average molecular weight is 272 g/mol. The summed E-state index contributed by atoms with van der Waals surface area (Å²) in [6.07, 6.45) is 4.21. The summed E-state index contributed by atoms with van der Waals surface area (Å²) in [6, 6.07) is 8.21. The zero-order chi connectivity index (χ0) is 14.4. The highest BCUT2D eigenvalue weighted by Gasteiger charge is 2.03. The molecule has 5 heteroatoms. The van der Waals surface area contributed by atoms with Gasteiger partial charge in [-0.25, -0.2) is 4.98 Å². The molecule has 0 bridgehead atoms. The van der Waals surface area contributed by atoms with Crippen LogP contribution in [0.25, 0.3) is 0 Å². The highest BCUT2D eigenvalue weighted by molar-refractivity contribution is 5.33. The van der Waals surface area contributed by atoms with Gasteiger partial charge in [-0.2, -0.15) is 0 Å². The fraction of sp³-hybridized carbons (Fsp3) is 0.333. The lowest BCUT2D eigenvalue weighted by Crippen LogP contribution is -2.23. The molecule has 0 spiro atoms. The normalized spacial score (nSPS) is 10.5. The quantitative estimate of drug-likeness (QED) is 0.833. The van der Waals surface area contributed by atoms with Crippen LogP contribution < -0.4 is 16.6 Å². The highest BCUT2D eigenvalue weighted by Crippen LogP contribution is 2.06. The van der Waals surface area contributed by atoms with Crippen molar-refractivity contribution in [2.75, 3.05) is 11.9 Å². The first-order valence-electron chi connectivity index (χ1n) is 6.81. The van der Waals surface area contributed by atoms with Crippen LogP contribution in [0, 0.1) is 0 Å². The number of nitrogens with two attached hydrogens (primary N) is 1. The molecule has 2 rings (SSSR count). The number of nitrogens with one attached hydrogen (secondary N) is 1. The summed E-state index contributed by atoms with van der Waals surface area (Å²) in [7, 11) is 0. The number of rotatable bonds is 6. The second kappa shape index (κ2) is 6.86. The molecule has 3 N–H and O–H groups in total. The summed E-state index contributed by atoms with van der Waals surface area (Å²) in [6.45, 7) is 3.81. The lowest BCUT2D eigenvalue weighted by molar-refractivity contribution is 0.718. The van der Waals surface area contributed by atoms with E-state index in [0.29, 0.717) is 25.5 Å². The molecular weight excluding hydrogens is 252 g/mol. The second-order valence-corrected chi connectivity index (χ2v) is 4.58. The summed E-state index contributed by atoms with van der Waals surface area (Å²) in [5.41, 5.74) is 7.77. The first kappa shape index (κ1) is 14.3. The first-order valence-corrected chi connectivity index (χ1v) is 6.81. The van der Waals surface area contributed by atoms with Crippen LogP contribution in [0.15, 0.2) is 41.5 Å².